The van der Waals surface area contributed by atoms with E-state index in [1.165, 1.54) is 11.6 Å². The van der Waals surface area contributed by atoms with E-state index < -0.39 is 6.61 Å². The lowest BCUT2D eigenvalue weighted by Gasteiger charge is -2.18. The Hall–Kier alpha value is -2.67. The van der Waals surface area contributed by atoms with Gasteiger partial charge in [0.25, 0.3) is 0 Å². The molecule has 1 N–H and O–H groups in total. The number of hydrogen-bond donors (Lipinski definition) is 1. The number of nitrogens with zero attached hydrogens (tertiary/aromatic N) is 1. The SMILES string of the molecule is CCOc1cc(CN(C)CC(=O)NCc2ccc(C)cc2)ccc1OC(F)F. The van der Waals surface area contributed by atoms with Crippen molar-refractivity contribution in [3.8, 4) is 11.5 Å². The Morgan fingerprint density at radius 2 is 1.79 bits per heavy atom. The molecule has 28 heavy (non-hydrogen) atoms. The van der Waals surface area contributed by atoms with E-state index in [4.69, 9.17) is 4.74 Å². The summed E-state index contributed by atoms with van der Waals surface area (Å²) in [5.41, 5.74) is 3.04. The molecule has 0 atom stereocenters. The zero-order valence-corrected chi connectivity index (χ0v) is 16.4. The van der Waals surface area contributed by atoms with Gasteiger partial charge in [-0.05, 0) is 44.2 Å². The van der Waals surface area contributed by atoms with Gasteiger partial charge >= 0.3 is 6.61 Å². The molecule has 2 aromatic rings. The average molecular weight is 392 g/mol. The molecule has 0 heterocycles. The van der Waals surface area contributed by atoms with Crippen LogP contribution >= 0.6 is 0 Å². The van der Waals surface area contributed by atoms with Crippen molar-refractivity contribution < 1.29 is 23.0 Å². The Labute approximate surface area is 164 Å². The summed E-state index contributed by atoms with van der Waals surface area (Å²) in [7, 11) is 1.81. The number of halogens is 2. The van der Waals surface area contributed by atoms with Gasteiger partial charge in [-0.25, -0.2) is 0 Å². The molecule has 152 valence electrons. The third-order valence-electron chi connectivity index (χ3n) is 4.00. The lowest BCUT2D eigenvalue weighted by molar-refractivity contribution is -0.122. The number of amides is 1. The van der Waals surface area contributed by atoms with Crippen LogP contribution in [0.3, 0.4) is 0 Å². The minimum Gasteiger partial charge on any atom is -0.490 e. The number of benzene rings is 2. The fourth-order valence-electron chi connectivity index (χ4n) is 2.69. The van der Waals surface area contributed by atoms with Crippen molar-refractivity contribution in [3.63, 3.8) is 0 Å². The molecule has 0 saturated carbocycles. The van der Waals surface area contributed by atoms with Crippen LogP contribution in [-0.4, -0.2) is 37.6 Å². The zero-order chi connectivity index (χ0) is 20.5. The van der Waals surface area contributed by atoms with E-state index >= 15 is 0 Å². The van der Waals surface area contributed by atoms with Gasteiger partial charge in [-0.15, -0.1) is 0 Å². The number of aryl methyl sites for hydroxylation is 1. The first-order valence-electron chi connectivity index (χ1n) is 9.08. The number of carbonyl (C=O) groups is 1. The van der Waals surface area contributed by atoms with Gasteiger partial charge in [0.2, 0.25) is 5.91 Å². The highest BCUT2D eigenvalue weighted by Crippen LogP contribution is 2.30. The number of ether oxygens (including phenoxy) is 2. The first kappa shape index (κ1) is 21.6. The largest absolute Gasteiger partial charge is 0.490 e. The van der Waals surface area contributed by atoms with Crippen LogP contribution in [0.5, 0.6) is 11.5 Å². The average Bonchev–Trinajstić information content (AvgIpc) is 2.63. The van der Waals surface area contributed by atoms with E-state index in [0.29, 0.717) is 19.7 Å². The van der Waals surface area contributed by atoms with Gasteiger partial charge in [-0.2, -0.15) is 8.78 Å². The summed E-state index contributed by atoms with van der Waals surface area (Å²) in [4.78, 5) is 14.0. The van der Waals surface area contributed by atoms with E-state index in [-0.39, 0.29) is 24.0 Å². The first-order valence-corrected chi connectivity index (χ1v) is 9.08. The van der Waals surface area contributed by atoms with Gasteiger partial charge in [-0.3, -0.25) is 9.69 Å². The predicted molar refractivity (Wildman–Crippen MR) is 104 cm³/mol. The molecule has 0 aromatic heterocycles. The van der Waals surface area contributed by atoms with Crippen LogP contribution in [0.25, 0.3) is 0 Å². The van der Waals surface area contributed by atoms with Gasteiger partial charge in [0.05, 0.1) is 13.2 Å². The lowest BCUT2D eigenvalue weighted by Crippen LogP contribution is -2.34. The van der Waals surface area contributed by atoms with Crippen molar-refractivity contribution in [2.45, 2.75) is 33.5 Å². The maximum Gasteiger partial charge on any atom is 0.387 e. The van der Waals surface area contributed by atoms with Crippen LogP contribution in [0.4, 0.5) is 8.78 Å². The summed E-state index contributed by atoms with van der Waals surface area (Å²) < 4.78 is 34.8. The Bertz CT molecular complexity index is 767. The number of rotatable bonds is 10. The quantitative estimate of drug-likeness (QED) is 0.669. The summed E-state index contributed by atoms with van der Waals surface area (Å²) in [6.07, 6.45) is 0. The van der Waals surface area contributed by atoms with Crippen LogP contribution < -0.4 is 14.8 Å². The smallest absolute Gasteiger partial charge is 0.387 e. The van der Waals surface area contributed by atoms with Gasteiger partial charge in [-0.1, -0.05) is 35.9 Å². The monoisotopic (exact) mass is 392 g/mol. The highest BCUT2D eigenvalue weighted by molar-refractivity contribution is 5.77. The number of alkyl halides is 2. The fourth-order valence-corrected chi connectivity index (χ4v) is 2.69. The topological polar surface area (TPSA) is 50.8 Å². The molecule has 1 amide bonds. The minimum absolute atomic E-state index is 0.000839. The van der Waals surface area contributed by atoms with Crippen molar-refractivity contribution in [2.24, 2.45) is 0 Å². The van der Waals surface area contributed by atoms with E-state index in [0.717, 1.165) is 11.1 Å². The lowest BCUT2D eigenvalue weighted by atomic mass is 10.1. The zero-order valence-electron chi connectivity index (χ0n) is 16.4. The van der Waals surface area contributed by atoms with Crippen molar-refractivity contribution in [1.82, 2.24) is 10.2 Å². The molecule has 0 aliphatic carbocycles. The highest BCUT2D eigenvalue weighted by atomic mass is 19.3. The van der Waals surface area contributed by atoms with E-state index in [9.17, 15) is 13.6 Å². The molecule has 0 aliphatic heterocycles. The fraction of sp³-hybridized carbons (Fsp3) is 0.381. The molecule has 5 nitrogen and oxygen atoms in total. The Kier molecular flexibility index (Phi) is 8.19. The molecule has 2 aromatic carbocycles. The number of hydrogen-bond acceptors (Lipinski definition) is 4. The molecule has 0 spiro atoms. The number of likely N-dealkylation sites (N-methyl/N-ethyl adjacent to an activating group) is 1. The van der Waals surface area contributed by atoms with Crippen LogP contribution in [-0.2, 0) is 17.9 Å². The van der Waals surface area contributed by atoms with E-state index in [1.54, 1.807) is 19.1 Å². The van der Waals surface area contributed by atoms with Crippen LogP contribution in [0.1, 0.15) is 23.6 Å². The predicted octanol–water partition coefficient (Wildman–Crippen LogP) is 3.74. The van der Waals surface area contributed by atoms with Crippen LogP contribution in [0, 0.1) is 6.92 Å². The van der Waals surface area contributed by atoms with Crippen molar-refractivity contribution in [1.29, 1.82) is 0 Å². The Balaban J connectivity index is 1.88. The second kappa shape index (κ2) is 10.6. The maximum absolute atomic E-state index is 12.5. The second-order valence-corrected chi connectivity index (χ2v) is 6.53. The van der Waals surface area contributed by atoms with Crippen molar-refractivity contribution >= 4 is 5.91 Å². The summed E-state index contributed by atoms with van der Waals surface area (Å²) in [5, 5.41) is 2.89. The first-order chi connectivity index (χ1) is 13.4. The normalized spacial score (nSPS) is 11.0. The molecule has 0 radical (unpaired) electrons. The van der Waals surface area contributed by atoms with Gasteiger partial charge in [0.1, 0.15) is 0 Å². The molecular weight excluding hydrogens is 366 g/mol. The molecule has 7 heteroatoms. The molecule has 0 bridgehead atoms. The summed E-state index contributed by atoms with van der Waals surface area (Å²) >= 11 is 0. The number of carbonyl (C=O) groups excluding carboxylic acids is 1. The molecule has 0 aliphatic rings. The molecule has 0 unspecified atom stereocenters. The Morgan fingerprint density at radius 1 is 1.11 bits per heavy atom. The third-order valence-corrected chi connectivity index (χ3v) is 4.00. The third kappa shape index (κ3) is 7.15. The van der Waals surface area contributed by atoms with E-state index in [2.05, 4.69) is 10.1 Å². The van der Waals surface area contributed by atoms with Gasteiger partial charge in [0.15, 0.2) is 11.5 Å². The summed E-state index contributed by atoms with van der Waals surface area (Å²) in [5.74, 6) is 0.169. The summed E-state index contributed by atoms with van der Waals surface area (Å²) in [6, 6.07) is 12.8. The summed E-state index contributed by atoms with van der Waals surface area (Å²) in [6.45, 7) is 2.36. The van der Waals surface area contributed by atoms with Crippen molar-refractivity contribution in [3.05, 3.63) is 59.2 Å². The molecule has 2 rings (SSSR count). The van der Waals surface area contributed by atoms with Gasteiger partial charge in [0, 0.05) is 13.1 Å². The van der Waals surface area contributed by atoms with Gasteiger partial charge < -0.3 is 14.8 Å². The molecule has 0 saturated heterocycles. The van der Waals surface area contributed by atoms with Crippen molar-refractivity contribution in [2.75, 3.05) is 20.2 Å². The van der Waals surface area contributed by atoms with E-state index in [1.807, 2.05) is 43.1 Å². The maximum atomic E-state index is 12.5. The number of nitrogens with one attached hydrogen (secondary N) is 1. The van der Waals surface area contributed by atoms with Crippen LogP contribution in [0.15, 0.2) is 42.5 Å². The minimum atomic E-state index is -2.91. The molecular formula is C21H26F2N2O3. The molecule has 0 fully saturated rings. The Morgan fingerprint density at radius 3 is 2.43 bits per heavy atom. The van der Waals surface area contributed by atoms with Crippen LogP contribution in [0.2, 0.25) is 0 Å². The second-order valence-electron chi connectivity index (χ2n) is 6.53. The highest BCUT2D eigenvalue weighted by Gasteiger charge is 2.13. The standard InChI is InChI=1S/C21H26F2N2O3/c1-4-27-19-11-17(9-10-18(19)28-21(22)23)13-25(3)14-20(26)24-12-16-7-5-15(2)6-8-16/h5-11,21H,4,12-14H2,1-3H3,(H,24,26).